The van der Waals surface area contributed by atoms with Crippen LogP contribution in [0.15, 0.2) is 24.3 Å². The third-order valence-electron chi connectivity index (χ3n) is 4.27. The van der Waals surface area contributed by atoms with Crippen molar-refractivity contribution < 1.29 is 4.79 Å². The molecule has 2 aromatic heterocycles. The maximum atomic E-state index is 11.7. The van der Waals surface area contributed by atoms with Crippen molar-refractivity contribution in [1.82, 2.24) is 9.38 Å². The molecule has 3 nitrogen and oxygen atoms in total. The molecular weight excluding hydrogens is 304 g/mol. The Hall–Kier alpha value is -1.94. The highest BCUT2D eigenvalue weighted by Crippen LogP contribution is 2.31. The van der Waals surface area contributed by atoms with Crippen LogP contribution in [0.2, 0.25) is 0 Å². The molecule has 0 saturated heterocycles. The summed E-state index contributed by atoms with van der Waals surface area (Å²) < 4.78 is 2.01. The molecule has 0 aliphatic rings. The van der Waals surface area contributed by atoms with Crippen molar-refractivity contribution in [3.8, 4) is 11.3 Å². The van der Waals surface area contributed by atoms with Gasteiger partial charge in [0, 0.05) is 16.1 Å². The van der Waals surface area contributed by atoms with Crippen molar-refractivity contribution in [3.63, 3.8) is 0 Å². The third-order valence-corrected chi connectivity index (χ3v) is 5.27. The number of hydrogen-bond acceptors (Lipinski definition) is 3. The van der Waals surface area contributed by atoms with Gasteiger partial charge in [-0.3, -0.25) is 9.20 Å². The van der Waals surface area contributed by atoms with Gasteiger partial charge in [0.2, 0.25) is 0 Å². The predicted octanol–water partition coefficient (Wildman–Crippen LogP) is 5.04. The van der Waals surface area contributed by atoms with E-state index in [4.69, 9.17) is 4.98 Å². The molecule has 2 heterocycles. The molecule has 0 spiro atoms. The van der Waals surface area contributed by atoms with Crippen LogP contribution in [0.3, 0.4) is 0 Å². The zero-order valence-corrected chi connectivity index (χ0v) is 15.1. The molecule has 0 amide bonds. The van der Waals surface area contributed by atoms with Gasteiger partial charge in [-0.05, 0) is 24.3 Å². The van der Waals surface area contributed by atoms with E-state index in [0.29, 0.717) is 5.69 Å². The first-order valence-electron chi connectivity index (χ1n) is 7.93. The van der Waals surface area contributed by atoms with Crippen LogP contribution in [0.25, 0.3) is 16.2 Å². The lowest BCUT2D eigenvalue weighted by atomic mass is 9.86. The number of nitrogens with zero attached hydrogens (tertiary/aromatic N) is 2. The molecule has 120 valence electrons. The van der Waals surface area contributed by atoms with Crippen LogP contribution in [-0.2, 0) is 11.8 Å². The molecule has 0 saturated carbocycles. The van der Waals surface area contributed by atoms with E-state index in [2.05, 4.69) is 58.9 Å². The molecule has 4 heteroatoms. The normalized spacial score (nSPS) is 12.0. The largest absolute Gasteiger partial charge is 0.296 e. The van der Waals surface area contributed by atoms with E-state index < -0.39 is 0 Å². The van der Waals surface area contributed by atoms with Gasteiger partial charge in [0.25, 0.3) is 0 Å². The van der Waals surface area contributed by atoms with E-state index >= 15 is 0 Å². The molecule has 0 aliphatic heterocycles. The average molecular weight is 326 g/mol. The average Bonchev–Trinajstić information content (AvgIpc) is 3.00. The highest BCUT2D eigenvalue weighted by Gasteiger charge is 2.20. The second kappa shape index (κ2) is 5.60. The number of hydrogen-bond donors (Lipinski definition) is 0. The van der Waals surface area contributed by atoms with Gasteiger partial charge in [-0.15, -0.1) is 11.3 Å². The Kier molecular flexibility index (Phi) is 3.88. The fourth-order valence-electron chi connectivity index (χ4n) is 2.95. The maximum absolute atomic E-state index is 11.7. The number of carbonyl (C=O) groups excluding carboxylic acids is 1. The zero-order valence-electron chi connectivity index (χ0n) is 14.3. The van der Waals surface area contributed by atoms with Crippen molar-refractivity contribution in [1.29, 1.82) is 0 Å². The number of carbonyl (C=O) groups is 1. The number of thiazole rings is 1. The Bertz CT molecular complexity index is 864. The molecule has 0 unspecified atom stereocenters. The van der Waals surface area contributed by atoms with Gasteiger partial charge in [0.05, 0.1) is 0 Å². The summed E-state index contributed by atoms with van der Waals surface area (Å²) in [5, 5.41) is 0. The van der Waals surface area contributed by atoms with Crippen molar-refractivity contribution in [2.75, 3.05) is 0 Å². The highest BCUT2D eigenvalue weighted by atomic mass is 32.1. The monoisotopic (exact) mass is 326 g/mol. The summed E-state index contributed by atoms with van der Waals surface area (Å²) in [6.07, 6.45) is 1.82. The van der Waals surface area contributed by atoms with Crippen LogP contribution in [-0.4, -0.2) is 15.7 Å². The van der Waals surface area contributed by atoms with Crippen molar-refractivity contribution in [2.24, 2.45) is 0 Å². The number of aryl methyl sites for hydroxylation is 2. The topological polar surface area (TPSA) is 34.4 Å². The summed E-state index contributed by atoms with van der Waals surface area (Å²) in [4.78, 5) is 18.6. The van der Waals surface area contributed by atoms with Gasteiger partial charge in [0.1, 0.15) is 11.4 Å². The lowest BCUT2D eigenvalue weighted by molar-refractivity contribution is 0.111. The first kappa shape index (κ1) is 15.9. The fourth-order valence-corrected chi connectivity index (χ4v) is 4.01. The SMILES string of the molecule is CCc1c(C)sc2nc(-c3ccc(C(C)(C)C)cc3)c(C=O)n12. The minimum atomic E-state index is 0.118. The Balaban J connectivity index is 2.17. The van der Waals surface area contributed by atoms with E-state index in [1.54, 1.807) is 11.3 Å². The second-order valence-electron chi connectivity index (χ2n) is 6.87. The van der Waals surface area contributed by atoms with Gasteiger partial charge >= 0.3 is 0 Å². The Morgan fingerprint density at radius 3 is 2.39 bits per heavy atom. The van der Waals surface area contributed by atoms with Crippen LogP contribution < -0.4 is 0 Å². The number of fused-ring (bicyclic) bond motifs is 1. The smallest absolute Gasteiger partial charge is 0.195 e. The first-order valence-corrected chi connectivity index (χ1v) is 8.75. The number of benzene rings is 1. The van der Waals surface area contributed by atoms with E-state index in [-0.39, 0.29) is 5.41 Å². The summed E-state index contributed by atoms with van der Waals surface area (Å²) in [6, 6.07) is 8.39. The maximum Gasteiger partial charge on any atom is 0.195 e. The number of aromatic nitrogens is 2. The first-order chi connectivity index (χ1) is 10.9. The summed E-state index contributed by atoms with van der Waals surface area (Å²) in [6.45, 7) is 10.8. The fraction of sp³-hybridized carbons (Fsp3) is 0.368. The van der Waals surface area contributed by atoms with Crippen molar-refractivity contribution in [2.45, 2.75) is 46.5 Å². The lowest BCUT2D eigenvalue weighted by Crippen LogP contribution is -2.10. The van der Waals surface area contributed by atoms with Gasteiger partial charge in [-0.2, -0.15) is 0 Å². The van der Waals surface area contributed by atoms with Gasteiger partial charge in [-0.1, -0.05) is 52.0 Å². The van der Waals surface area contributed by atoms with Crippen LogP contribution in [0.4, 0.5) is 0 Å². The Labute approximate surface area is 141 Å². The van der Waals surface area contributed by atoms with Crippen LogP contribution >= 0.6 is 11.3 Å². The molecule has 0 N–H and O–H groups in total. The molecule has 0 atom stereocenters. The van der Waals surface area contributed by atoms with Gasteiger partial charge in [-0.25, -0.2) is 4.98 Å². The molecule has 1 aromatic carbocycles. The number of rotatable bonds is 3. The summed E-state index contributed by atoms with van der Waals surface area (Å²) in [5.41, 5.74) is 5.01. The second-order valence-corrected chi connectivity index (χ2v) is 8.05. The molecule has 0 fully saturated rings. The Morgan fingerprint density at radius 2 is 1.87 bits per heavy atom. The molecule has 23 heavy (non-hydrogen) atoms. The third kappa shape index (κ3) is 2.61. The number of aldehydes is 1. The molecule has 3 rings (SSSR count). The molecular formula is C19H22N2OS. The lowest BCUT2D eigenvalue weighted by Gasteiger charge is -2.19. The van der Waals surface area contributed by atoms with E-state index in [0.717, 1.165) is 28.9 Å². The van der Waals surface area contributed by atoms with Gasteiger partial charge < -0.3 is 0 Å². The van der Waals surface area contributed by atoms with Gasteiger partial charge in [0.15, 0.2) is 11.2 Å². The molecule has 0 aliphatic carbocycles. The summed E-state index contributed by atoms with van der Waals surface area (Å²) >= 11 is 1.65. The standard InChI is InChI=1S/C19H22N2OS/c1-6-15-12(2)23-18-20-17(16(11-22)21(15)18)13-7-9-14(10-8-13)19(3,4)5/h7-11H,6H2,1-5H3. The molecule has 0 radical (unpaired) electrons. The van der Waals surface area contributed by atoms with Crippen molar-refractivity contribution >= 4 is 22.6 Å². The van der Waals surface area contributed by atoms with E-state index in [9.17, 15) is 4.79 Å². The number of imidazole rings is 1. The van der Waals surface area contributed by atoms with Crippen LogP contribution in [0, 0.1) is 6.92 Å². The van der Waals surface area contributed by atoms with Crippen LogP contribution in [0.5, 0.6) is 0 Å². The van der Waals surface area contributed by atoms with E-state index in [1.165, 1.54) is 16.1 Å². The minimum Gasteiger partial charge on any atom is -0.296 e. The predicted molar refractivity (Wildman–Crippen MR) is 96.7 cm³/mol. The van der Waals surface area contributed by atoms with Crippen molar-refractivity contribution in [3.05, 3.63) is 46.1 Å². The minimum absolute atomic E-state index is 0.118. The summed E-state index contributed by atoms with van der Waals surface area (Å²) in [7, 11) is 0. The quantitative estimate of drug-likeness (QED) is 0.632. The van der Waals surface area contributed by atoms with E-state index in [1.807, 2.05) is 4.40 Å². The Morgan fingerprint density at radius 1 is 1.22 bits per heavy atom. The van der Waals surface area contributed by atoms with Crippen LogP contribution in [0.1, 0.15) is 54.3 Å². The zero-order chi connectivity index (χ0) is 16.8. The molecule has 0 bridgehead atoms. The highest BCUT2D eigenvalue weighted by molar-refractivity contribution is 7.17. The molecule has 3 aromatic rings. The summed E-state index contributed by atoms with van der Waals surface area (Å²) in [5.74, 6) is 0.